The summed E-state index contributed by atoms with van der Waals surface area (Å²) in [6.07, 6.45) is 0. The molecule has 140 valence electrons. The van der Waals surface area contributed by atoms with Crippen molar-refractivity contribution in [3.63, 3.8) is 0 Å². The van der Waals surface area contributed by atoms with Crippen LogP contribution in [0.2, 0.25) is 0 Å². The Kier molecular flexibility index (Phi) is 4.36. The molecule has 0 amide bonds. The Hall–Kier alpha value is -3.59. The molecular formula is C19H15N5O3S. The number of thiazole rings is 1. The van der Waals surface area contributed by atoms with Gasteiger partial charge in [0.2, 0.25) is 0 Å². The van der Waals surface area contributed by atoms with Crippen LogP contribution in [-0.4, -0.2) is 24.3 Å². The minimum atomic E-state index is -0.446. The molecule has 0 aliphatic carbocycles. The van der Waals surface area contributed by atoms with Crippen LogP contribution < -0.4 is 5.69 Å². The summed E-state index contributed by atoms with van der Waals surface area (Å²) in [5.41, 5.74) is 2.83. The molecule has 0 radical (unpaired) electrons. The third-order valence-corrected chi connectivity index (χ3v) is 5.07. The van der Waals surface area contributed by atoms with Crippen LogP contribution in [0, 0.1) is 24.0 Å². The topological polar surface area (TPSA) is 95.8 Å². The van der Waals surface area contributed by atoms with Gasteiger partial charge >= 0.3 is 5.69 Å². The summed E-state index contributed by atoms with van der Waals surface area (Å²) in [4.78, 5) is 27.8. The van der Waals surface area contributed by atoms with Crippen molar-refractivity contribution < 1.29 is 4.92 Å². The number of nitrogens with zero attached hydrogens (tertiary/aromatic N) is 5. The predicted molar refractivity (Wildman–Crippen MR) is 106 cm³/mol. The molecule has 2 aromatic carbocycles. The Bertz CT molecular complexity index is 1240. The highest BCUT2D eigenvalue weighted by Crippen LogP contribution is 2.26. The van der Waals surface area contributed by atoms with Crippen molar-refractivity contribution >= 4 is 17.0 Å². The molecule has 0 saturated heterocycles. The number of aryl methyl sites for hydroxylation is 2. The average Bonchev–Trinajstić information content (AvgIpc) is 3.26. The van der Waals surface area contributed by atoms with Gasteiger partial charge in [0, 0.05) is 23.1 Å². The van der Waals surface area contributed by atoms with Gasteiger partial charge in [-0.2, -0.15) is 4.68 Å². The number of aromatic nitrogens is 4. The lowest BCUT2D eigenvalue weighted by Crippen LogP contribution is -2.23. The monoisotopic (exact) mass is 393 g/mol. The minimum absolute atomic E-state index is 0.0192. The van der Waals surface area contributed by atoms with Gasteiger partial charge in [0.1, 0.15) is 5.82 Å². The highest BCUT2D eigenvalue weighted by atomic mass is 32.1. The van der Waals surface area contributed by atoms with Crippen LogP contribution in [0.15, 0.2) is 58.7 Å². The SMILES string of the molecule is Cc1cccc(-n2nc(C)n(-c3nc(-c4ccc([N+](=O)[O-])cc4)cs3)c2=O)c1. The second kappa shape index (κ2) is 6.86. The zero-order valence-corrected chi connectivity index (χ0v) is 15.9. The molecule has 4 aromatic rings. The van der Waals surface area contributed by atoms with Crippen molar-refractivity contribution in [3.8, 4) is 22.1 Å². The summed E-state index contributed by atoms with van der Waals surface area (Å²) < 4.78 is 2.82. The molecule has 0 aliphatic heterocycles. The highest BCUT2D eigenvalue weighted by molar-refractivity contribution is 7.12. The van der Waals surface area contributed by atoms with Crippen molar-refractivity contribution in [2.24, 2.45) is 0 Å². The van der Waals surface area contributed by atoms with E-state index in [0.29, 0.717) is 22.3 Å². The molecule has 4 rings (SSSR count). The van der Waals surface area contributed by atoms with E-state index in [1.807, 2.05) is 36.6 Å². The molecule has 0 bridgehead atoms. The molecule has 0 fully saturated rings. The van der Waals surface area contributed by atoms with E-state index >= 15 is 0 Å². The van der Waals surface area contributed by atoms with Crippen LogP contribution >= 0.6 is 11.3 Å². The molecule has 2 aromatic heterocycles. The minimum Gasteiger partial charge on any atom is -0.258 e. The maximum atomic E-state index is 12.9. The van der Waals surface area contributed by atoms with Gasteiger partial charge in [0.25, 0.3) is 5.69 Å². The maximum absolute atomic E-state index is 12.9. The van der Waals surface area contributed by atoms with Crippen LogP contribution in [0.5, 0.6) is 0 Å². The van der Waals surface area contributed by atoms with E-state index in [0.717, 1.165) is 11.1 Å². The first-order chi connectivity index (χ1) is 13.4. The second-order valence-electron chi connectivity index (χ2n) is 6.24. The van der Waals surface area contributed by atoms with Crippen LogP contribution in [-0.2, 0) is 0 Å². The van der Waals surface area contributed by atoms with Crippen LogP contribution in [0.25, 0.3) is 22.1 Å². The summed E-state index contributed by atoms with van der Waals surface area (Å²) >= 11 is 1.31. The van der Waals surface area contributed by atoms with Crippen LogP contribution in [0.3, 0.4) is 0 Å². The fourth-order valence-electron chi connectivity index (χ4n) is 2.87. The summed E-state index contributed by atoms with van der Waals surface area (Å²) in [5.74, 6) is 0.524. The Labute approximate surface area is 163 Å². The lowest BCUT2D eigenvalue weighted by Gasteiger charge is -2.00. The number of rotatable bonds is 4. The van der Waals surface area contributed by atoms with Gasteiger partial charge in [-0.3, -0.25) is 10.1 Å². The van der Waals surface area contributed by atoms with Crippen molar-refractivity contribution in [1.29, 1.82) is 0 Å². The average molecular weight is 393 g/mol. The zero-order chi connectivity index (χ0) is 19.8. The molecule has 8 nitrogen and oxygen atoms in total. The predicted octanol–water partition coefficient (Wildman–Crippen LogP) is 3.67. The number of non-ortho nitro benzene ring substituents is 1. The molecule has 2 heterocycles. The number of hydrogen-bond donors (Lipinski definition) is 0. The quantitative estimate of drug-likeness (QED) is 0.389. The standard InChI is InChI=1S/C19H15N5O3S/c1-12-4-3-5-16(10-12)23-19(25)22(13(2)21-23)18-20-17(11-28-18)14-6-8-15(9-7-14)24(26)27/h3-11H,1-2H3. The normalized spacial score (nSPS) is 10.9. The van der Waals surface area contributed by atoms with E-state index in [-0.39, 0.29) is 11.4 Å². The molecule has 0 aliphatic rings. The van der Waals surface area contributed by atoms with Gasteiger partial charge in [-0.25, -0.2) is 14.3 Å². The lowest BCUT2D eigenvalue weighted by atomic mass is 10.1. The fraction of sp³-hybridized carbons (Fsp3) is 0.105. The zero-order valence-electron chi connectivity index (χ0n) is 15.1. The van der Waals surface area contributed by atoms with Crippen molar-refractivity contribution in [2.75, 3.05) is 0 Å². The van der Waals surface area contributed by atoms with E-state index in [2.05, 4.69) is 10.1 Å². The van der Waals surface area contributed by atoms with Gasteiger partial charge in [0.15, 0.2) is 5.13 Å². The van der Waals surface area contributed by atoms with Crippen molar-refractivity contribution in [1.82, 2.24) is 19.3 Å². The van der Waals surface area contributed by atoms with E-state index in [4.69, 9.17) is 0 Å². The highest BCUT2D eigenvalue weighted by Gasteiger charge is 2.17. The number of hydrogen-bond acceptors (Lipinski definition) is 6. The molecular weight excluding hydrogens is 378 g/mol. The van der Waals surface area contributed by atoms with Gasteiger partial charge in [-0.1, -0.05) is 12.1 Å². The number of benzene rings is 2. The molecule has 9 heteroatoms. The molecule has 0 unspecified atom stereocenters. The third kappa shape index (κ3) is 3.12. The Morgan fingerprint density at radius 2 is 1.86 bits per heavy atom. The van der Waals surface area contributed by atoms with E-state index in [1.165, 1.54) is 32.7 Å². The second-order valence-corrected chi connectivity index (χ2v) is 7.07. The fourth-order valence-corrected chi connectivity index (χ4v) is 3.74. The molecule has 0 N–H and O–H groups in total. The largest absolute Gasteiger partial charge is 0.357 e. The number of nitro benzene ring substituents is 1. The van der Waals surface area contributed by atoms with E-state index < -0.39 is 4.92 Å². The third-order valence-electron chi connectivity index (χ3n) is 4.24. The summed E-state index contributed by atoms with van der Waals surface area (Å²) in [7, 11) is 0. The van der Waals surface area contributed by atoms with Crippen LogP contribution in [0.1, 0.15) is 11.4 Å². The van der Waals surface area contributed by atoms with Crippen LogP contribution in [0.4, 0.5) is 5.69 Å². The first-order valence-corrected chi connectivity index (χ1v) is 9.28. The molecule has 28 heavy (non-hydrogen) atoms. The van der Waals surface area contributed by atoms with E-state index in [9.17, 15) is 14.9 Å². The lowest BCUT2D eigenvalue weighted by molar-refractivity contribution is -0.384. The first kappa shape index (κ1) is 17.8. The summed E-state index contributed by atoms with van der Waals surface area (Å²) in [5, 5.41) is 17.5. The van der Waals surface area contributed by atoms with E-state index in [1.54, 1.807) is 19.1 Å². The van der Waals surface area contributed by atoms with Gasteiger partial charge in [-0.05, 0) is 43.7 Å². The Morgan fingerprint density at radius 1 is 1.11 bits per heavy atom. The Morgan fingerprint density at radius 3 is 2.54 bits per heavy atom. The van der Waals surface area contributed by atoms with Crippen molar-refractivity contribution in [2.45, 2.75) is 13.8 Å². The molecule has 0 spiro atoms. The first-order valence-electron chi connectivity index (χ1n) is 8.40. The summed E-state index contributed by atoms with van der Waals surface area (Å²) in [6, 6.07) is 13.7. The van der Waals surface area contributed by atoms with Crippen molar-refractivity contribution in [3.05, 3.63) is 85.9 Å². The molecule has 0 atom stereocenters. The summed E-state index contributed by atoms with van der Waals surface area (Å²) in [6.45, 7) is 3.70. The van der Waals surface area contributed by atoms with Gasteiger partial charge in [-0.15, -0.1) is 16.4 Å². The smallest absolute Gasteiger partial charge is 0.258 e. The Balaban J connectivity index is 1.73. The van der Waals surface area contributed by atoms with Gasteiger partial charge < -0.3 is 0 Å². The maximum Gasteiger partial charge on any atom is 0.357 e. The molecule has 0 saturated carbocycles. The van der Waals surface area contributed by atoms with Gasteiger partial charge in [0.05, 0.1) is 16.3 Å². The number of nitro groups is 1.